The Balaban J connectivity index is 0.00000103. The average molecular weight is 723 g/mol. The van der Waals surface area contributed by atoms with Gasteiger partial charge in [-0.1, -0.05) is 54.7 Å². The maximum absolute atomic E-state index is 14.0. The molecule has 48 heavy (non-hydrogen) atoms. The number of hydrogen-bond donors (Lipinski definition) is 4. The van der Waals surface area contributed by atoms with Crippen LogP contribution in [0.5, 0.6) is 0 Å². The van der Waals surface area contributed by atoms with Crippen LogP contribution < -0.4 is 16.4 Å². The van der Waals surface area contributed by atoms with Crippen LogP contribution in [0.15, 0.2) is 42.5 Å². The Morgan fingerprint density at radius 2 is 1.65 bits per heavy atom. The molecule has 3 rings (SSSR count). The zero-order valence-electron chi connectivity index (χ0n) is 27.0. The molecule has 0 aliphatic carbocycles. The number of alkyl halides is 3. The number of carboxylic acids is 1. The molecule has 266 valence electrons. The average Bonchev–Trinajstić information content (AvgIpc) is 3.00. The number of carbonyl (C=O) groups excluding carboxylic acids is 3. The molecular formula is C32H41Cl2F4N5O5. The third-order valence-corrected chi connectivity index (χ3v) is 8.21. The van der Waals surface area contributed by atoms with E-state index in [9.17, 15) is 31.9 Å². The van der Waals surface area contributed by atoms with Gasteiger partial charge in [0, 0.05) is 49.2 Å². The molecule has 0 bridgehead atoms. The normalized spacial score (nSPS) is 16.6. The van der Waals surface area contributed by atoms with E-state index in [1.54, 1.807) is 50.1 Å². The Labute approximate surface area is 286 Å². The fourth-order valence-electron chi connectivity index (χ4n) is 5.08. The largest absolute Gasteiger partial charge is 0.490 e. The third kappa shape index (κ3) is 12.2. The van der Waals surface area contributed by atoms with E-state index in [0.717, 1.165) is 12.0 Å². The lowest BCUT2D eigenvalue weighted by molar-refractivity contribution is -0.192. The summed E-state index contributed by atoms with van der Waals surface area (Å²) >= 11 is 12.5. The fourth-order valence-corrected chi connectivity index (χ4v) is 5.57. The van der Waals surface area contributed by atoms with E-state index in [1.807, 2.05) is 13.0 Å². The van der Waals surface area contributed by atoms with Gasteiger partial charge in [-0.3, -0.25) is 19.3 Å². The number of carboxylic acid groups (broad SMARTS) is 1. The van der Waals surface area contributed by atoms with Gasteiger partial charge in [-0.15, -0.1) is 0 Å². The highest BCUT2D eigenvalue weighted by Gasteiger charge is 2.39. The Bertz CT molecular complexity index is 1420. The van der Waals surface area contributed by atoms with Gasteiger partial charge in [-0.2, -0.15) is 13.2 Å². The molecule has 3 unspecified atom stereocenters. The molecule has 1 saturated heterocycles. The van der Waals surface area contributed by atoms with Gasteiger partial charge in [0.25, 0.3) is 0 Å². The molecule has 2 aromatic rings. The number of nitrogens with zero attached hydrogens (tertiary/aromatic N) is 2. The van der Waals surface area contributed by atoms with E-state index in [-0.39, 0.29) is 30.1 Å². The molecule has 0 saturated carbocycles. The van der Waals surface area contributed by atoms with Crippen molar-refractivity contribution in [2.45, 2.75) is 76.3 Å². The van der Waals surface area contributed by atoms with Crippen LogP contribution in [0.4, 0.5) is 17.6 Å². The topological polar surface area (TPSA) is 145 Å². The minimum absolute atomic E-state index is 0.141. The standard InChI is InChI=1S/C30H40Cl2FN5O3.C2HF3O2/c1-5-6-23-18-37(26(27(39)35-4)16-20-9-10-21(31)17-24(20)32)13-14-38(23)28(40)25(36-29(41)30(2,3)34)15-19-7-11-22(33)12-8-19;3-2(4,5)1(6)7/h7-12,17,23,25-26H,5-6,13-16,18,34H2,1-4H3,(H,35,39)(H,36,41);(H,6,7). The van der Waals surface area contributed by atoms with Crippen molar-refractivity contribution in [3.05, 3.63) is 69.5 Å². The number of nitrogens with two attached hydrogens (primary N) is 1. The fraction of sp³-hybridized carbons (Fsp3) is 0.500. The molecular weight excluding hydrogens is 681 g/mol. The monoisotopic (exact) mass is 721 g/mol. The summed E-state index contributed by atoms with van der Waals surface area (Å²) in [6.07, 6.45) is -2.97. The molecule has 3 atom stereocenters. The first-order valence-corrected chi connectivity index (χ1v) is 15.9. The highest BCUT2D eigenvalue weighted by atomic mass is 35.5. The predicted octanol–water partition coefficient (Wildman–Crippen LogP) is 4.20. The van der Waals surface area contributed by atoms with Crippen molar-refractivity contribution in [1.29, 1.82) is 0 Å². The van der Waals surface area contributed by atoms with E-state index in [0.29, 0.717) is 48.1 Å². The number of nitrogens with one attached hydrogen (secondary N) is 2. The van der Waals surface area contributed by atoms with Crippen molar-refractivity contribution >= 4 is 46.9 Å². The van der Waals surface area contributed by atoms with Crippen LogP contribution in [-0.4, -0.2) is 95.1 Å². The summed E-state index contributed by atoms with van der Waals surface area (Å²) in [4.78, 5) is 52.7. The van der Waals surface area contributed by atoms with Gasteiger partial charge in [-0.25, -0.2) is 9.18 Å². The van der Waals surface area contributed by atoms with Crippen LogP contribution in [0, 0.1) is 5.82 Å². The summed E-state index contributed by atoms with van der Waals surface area (Å²) in [7, 11) is 1.60. The smallest absolute Gasteiger partial charge is 0.475 e. The van der Waals surface area contributed by atoms with Gasteiger partial charge in [0.15, 0.2) is 0 Å². The highest BCUT2D eigenvalue weighted by molar-refractivity contribution is 6.35. The number of benzene rings is 2. The number of piperazine rings is 1. The molecule has 5 N–H and O–H groups in total. The highest BCUT2D eigenvalue weighted by Crippen LogP contribution is 2.26. The Hall–Kier alpha value is -3.46. The summed E-state index contributed by atoms with van der Waals surface area (Å²) in [5, 5.41) is 13.7. The van der Waals surface area contributed by atoms with Gasteiger partial charge in [0.1, 0.15) is 11.9 Å². The number of carbonyl (C=O) groups is 4. The second kappa shape index (κ2) is 17.8. The molecule has 10 nitrogen and oxygen atoms in total. The Kier molecular flexibility index (Phi) is 15.1. The molecule has 16 heteroatoms. The van der Waals surface area contributed by atoms with Gasteiger partial charge < -0.3 is 26.4 Å². The minimum Gasteiger partial charge on any atom is -0.475 e. The third-order valence-electron chi connectivity index (χ3n) is 7.62. The molecule has 1 heterocycles. The van der Waals surface area contributed by atoms with Crippen LogP contribution in [0.3, 0.4) is 0 Å². The number of rotatable bonds is 11. The molecule has 2 aromatic carbocycles. The number of halogens is 6. The predicted molar refractivity (Wildman–Crippen MR) is 174 cm³/mol. The quantitative estimate of drug-likeness (QED) is 0.255. The second-order valence-electron chi connectivity index (χ2n) is 11.9. The molecule has 1 aliphatic rings. The maximum Gasteiger partial charge on any atom is 0.490 e. The van der Waals surface area contributed by atoms with Gasteiger partial charge in [-0.05, 0) is 62.1 Å². The van der Waals surface area contributed by atoms with Gasteiger partial charge >= 0.3 is 12.1 Å². The molecule has 0 aromatic heterocycles. The van der Waals surface area contributed by atoms with E-state index in [4.69, 9.17) is 38.8 Å². The summed E-state index contributed by atoms with van der Waals surface area (Å²) < 4.78 is 45.3. The van der Waals surface area contributed by atoms with E-state index < -0.39 is 35.7 Å². The zero-order chi connectivity index (χ0) is 36.4. The molecule has 1 aliphatic heterocycles. The summed E-state index contributed by atoms with van der Waals surface area (Å²) in [5.41, 5.74) is 6.35. The lowest BCUT2D eigenvalue weighted by Gasteiger charge is -2.45. The number of likely N-dealkylation sites (N-methyl/N-ethyl adjacent to an activating group) is 1. The van der Waals surface area contributed by atoms with E-state index in [2.05, 4.69) is 15.5 Å². The van der Waals surface area contributed by atoms with E-state index >= 15 is 0 Å². The Morgan fingerprint density at radius 1 is 1.04 bits per heavy atom. The summed E-state index contributed by atoms with van der Waals surface area (Å²) in [6, 6.07) is 9.53. The number of amides is 3. The SMILES string of the molecule is CCCC1CN(C(Cc2ccc(Cl)cc2Cl)C(=O)NC)CCN1C(=O)C(Cc1ccc(F)cc1)NC(=O)C(C)(C)N.O=C(O)C(F)(F)F. The molecule has 3 amide bonds. The van der Waals surface area contributed by atoms with Crippen molar-refractivity contribution in [3.8, 4) is 0 Å². The molecule has 0 radical (unpaired) electrons. The van der Waals surface area contributed by atoms with Crippen LogP contribution in [0.25, 0.3) is 0 Å². The Morgan fingerprint density at radius 3 is 2.15 bits per heavy atom. The van der Waals surface area contributed by atoms with Crippen molar-refractivity contribution in [2.24, 2.45) is 5.73 Å². The van der Waals surface area contributed by atoms with Crippen molar-refractivity contribution in [1.82, 2.24) is 20.4 Å². The van der Waals surface area contributed by atoms with Gasteiger partial charge in [0.2, 0.25) is 17.7 Å². The van der Waals surface area contributed by atoms with Crippen molar-refractivity contribution in [3.63, 3.8) is 0 Å². The van der Waals surface area contributed by atoms with Crippen molar-refractivity contribution in [2.75, 3.05) is 26.7 Å². The first kappa shape index (κ1) is 40.7. The van der Waals surface area contributed by atoms with Crippen LogP contribution >= 0.6 is 23.2 Å². The van der Waals surface area contributed by atoms with E-state index in [1.165, 1.54) is 12.1 Å². The van der Waals surface area contributed by atoms with Crippen LogP contribution in [-0.2, 0) is 32.0 Å². The maximum atomic E-state index is 14.0. The summed E-state index contributed by atoms with van der Waals surface area (Å²) in [6.45, 7) is 6.49. The van der Waals surface area contributed by atoms with Crippen molar-refractivity contribution < 1.29 is 41.8 Å². The molecule has 0 spiro atoms. The van der Waals surface area contributed by atoms with Crippen LogP contribution in [0.2, 0.25) is 10.0 Å². The first-order chi connectivity index (χ1) is 22.3. The zero-order valence-corrected chi connectivity index (χ0v) is 28.6. The first-order valence-electron chi connectivity index (χ1n) is 15.1. The number of aliphatic carboxylic acids is 1. The molecule has 1 fully saturated rings. The lowest BCUT2D eigenvalue weighted by Crippen LogP contribution is -2.64. The van der Waals surface area contributed by atoms with Crippen LogP contribution in [0.1, 0.15) is 44.7 Å². The lowest BCUT2D eigenvalue weighted by atomic mass is 9.97. The minimum atomic E-state index is -5.08. The number of hydrogen-bond acceptors (Lipinski definition) is 6. The van der Waals surface area contributed by atoms with Gasteiger partial charge in [0.05, 0.1) is 11.6 Å². The summed E-state index contributed by atoms with van der Waals surface area (Å²) in [5.74, 6) is -3.97. The second-order valence-corrected chi connectivity index (χ2v) is 12.8.